The van der Waals surface area contributed by atoms with Gasteiger partial charge in [-0.05, 0) is 74.4 Å². The Kier molecular flexibility index (Phi) is 5.80. The smallest absolute Gasteiger partial charge is 0.256 e. The molecule has 1 aliphatic carbocycles. The van der Waals surface area contributed by atoms with Crippen LogP contribution in [0.4, 0.5) is 5.82 Å². The largest absolute Gasteiger partial charge is 0.306 e. The molecular formula is C25H28N4O3S. The summed E-state index contributed by atoms with van der Waals surface area (Å²) in [5, 5.41) is 7.76. The van der Waals surface area contributed by atoms with E-state index in [9.17, 15) is 13.2 Å². The summed E-state index contributed by atoms with van der Waals surface area (Å²) in [5.41, 5.74) is 3.39. The first-order valence-corrected chi connectivity index (χ1v) is 13.0. The van der Waals surface area contributed by atoms with E-state index in [1.807, 2.05) is 30.3 Å². The van der Waals surface area contributed by atoms with Gasteiger partial charge in [-0.3, -0.25) is 4.79 Å². The summed E-state index contributed by atoms with van der Waals surface area (Å²) in [4.78, 5) is 13.3. The van der Waals surface area contributed by atoms with Gasteiger partial charge in [0.05, 0.1) is 16.3 Å². The fourth-order valence-electron chi connectivity index (χ4n) is 4.61. The first-order chi connectivity index (χ1) is 15.9. The van der Waals surface area contributed by atoms with E-state index in [2.05, 4.69) is 12.2 Å². The van der Waals surface area contributed by atoms with Gasteiger partial charge < -0.3 is 5.32 Å². The van der Waals surface area contributed by atoms with Crippen LogP contribution in [0.5, 0.6) is 0 Å². The van der Waals surface area contributed by atoms with Crippen LogP contribution in [-0.4, -0.2) is 41.5 Å². The van der Waals surface area contributed by atoms with E-state index in [1.165, 1.54) is 12.1 Å². The average Bonchev–Trinajstić information content (AvgIpc) is 3.43. The Morgan fingerprint density at radius 3 is 2.39 bits per heavy atom. The molecule has 1 amide bonds. The number of nitrogens with one attached hydrogen (secondary N) is 1. The average molecular weight is 465 g/mol. The number of fused-ring (bicyclic) bond motifs is 1. The SMILES string of the molecule is CC1CCN(S(=O)(=O)c2ccc(C(=O)Nc3c4c(nn3-c3ccccc3)CCC4)cc2)CC1. The minimum absolute atomic E-state index is 0.226. The molecule has 8 heteroatoms. The normalized spacial score (nSPS) is 17.1. The summed E-state index contributed by atoms with van der Waals surface area (Å²) >= 11 is 0. The van der Waals surface area contributed by atoms with Crippen LogP contribution in [0.25, 0.3) is 5.69 Å². The van der Waals surface area contributed by atoms with Crippen LogP contribution in [0.3, 0.4) is 0 Å². The monoisotopic (exact) mass is 464 g/mol. The fourth-order valence-corrected chi connectivity index (χ4v) is 6.08. The maximum atomic E-state index is 13.1. The highest BCUT2D eigenvalue weighted by molar-refractivity contribution is 7.89. The predicted octanol–water partition coefficient (Wildman–Crippen LogP) is 4.03. The Hall–Kier alpha value is -2.97. The van der Waals surface area contributed by atoms with Crippen molar-refractivity contribution in [2.75, 3.05) is 18.4 Å². The number of anilines is 1. The Bertz CT molecular complexity index is 1260. The van der Waals surface area contributed by atoms with Crippen LogP contribution in [0.1, 0.15) is 47.8 Å². The Labute approximate surface area is 194 Å². The maximum Gasteiger partial charge on any atom is 0.256 e. The van der Waals surface area contributed by atoms with Gasteiger partial charge in [-0.2, -0.15) is 9.40 Å². The highest BCUT2D eigenvalue weighted by Crippen LogP contribution is 2.31. The molecule has 0 atom stereocenters. The number of aryl methyl sites for hydroxylation is 1. The molecule has 1 aromatic heterocycles. The van der Waals surface area contributed by atoms with Gasteiger partial charge in [-0.25, -0.2) is 13.1 Å². The van der Waals surface area contributed by atoms with Gasteiger partial charge >= 0.3 is 0 Å². The first kappa shape index (κ1) is 21.9. The van der Waals surface area contributed by atoms with E-state index >= 15 is 0 Å². The molecular weight excluding hydrogens is 436 g/mol. The van der Waals surface area contributed by atoms with Crippen molar-refractivity contribution in [2.24, 2.45) is 5.92 Å². The summed E-state index contributed by atoms with van der Waals surface area (Å²) in [6, 6.07) is 16.0. The molecule has 0 bridgehead atoms. The molecule has 1 fully saturated rings. The van der Waals surface area contributed by atoms with Crippen LogP contribution < -0.4 is 5.32 Å². The van der Waals surface area contributed by atoms with E-state index in [0.717, 1.165) is 49.0 Å². The number of para-hydroxylation sites is 1. The predicted molar refractivity (Wildman–Crippen MR) is 127 cm³/mol. The van der Waals surface area contributed by atoms with Gasteiger partial charge in [0.25, 0.3) is 5.91 Å². The van der Waals surface area contributed by atoms with Crippen molar-refractivity contribution in [3.63, 3.8) is 0 Å². The van der Waals surface area contributed by atoms with Crippen LogP contribution in [0, 0.1) is 5.92 Å². The van der Waals surface area contributed by atoms with Crippen molar-refractivity contribution in [3.05, 3.63) is 71.4 Å². The van der Waals surface area contributed by atoms with Gasteiger partial charge in [0.1, 0.15) is 5.82 Å². The number of piperidine rings is 1. The topological polar surface area (TPSA) is 84.3 Å². The van der Waals surface area contributed by atoms with Crippen molar-refractivity contribution in [2.45, 2.75) is 43.9 Å². The van der Waals surface area contributed by atoms with Gasteiger partial charge in [-0.15, -0.1) is 0 Å². The minimum Gasteiger partial charge on any atom is -0.306 e. The number of rotatable bonds is 5. The molecule has 2 aromatic carbocycles. The van der Waals surface area contributed by atoms with Crippen molar-refractivity contribution in [1.82, 2.24) is 14.1 Å². The lowest BCUT2D eigenvalue weighted by molar-refractivity contribution is 0.102. The van der Waals surface area contributed by atoms with E-state index in [1.54, 1.807) is 21.1 Å². The molecule has 1 aliphatic heterocycles. The third-order valence-corrected chi connectivity index (χ3v) is 8.55. The lowest BCUT2D eigenvalue weighted by Gasteiger charge is -2.29. The number of benzene rings is 2. The maximum absolute atomic E-state index is 13.1. The van der Waals surface area contributed by atoms with Crippen LogP contribution in [-0.2, 0) is 22.9 Å². The summed E-state index contributed by atoms with van der Waals surface area (Å²) in [7, 11) is -3.54. The molecule has 2 heterocycles. The van der Waals surface area contributed by atoms with Crippen LogP contribution in [0.2, 0.25) is 0 Å². The second kappa shape index (κ2) is 8.76. The van der Waals surface area contributed by atoms with Crippen molar-refractivity contribution in [3.8, 4) is 5.69 Å². The molecule has 33 heavy (non-hydrogen) atoms. The molecule has 1 saturated heterocycles. The highest BCUT2D eigenvalue weighted by atomic mass is 32.2. The fraction of sp³-hybridized carbons (Fsp3) is 0.360. The number of hydrogen-bond donors (Lipinski definition) is 1. The standard InChI is InChI=1S/C25H28N4O3S/c1-18-14-16-28(17-15-18)33(31,32)21-12-10-19(11-13-21)25(30)26-24-22-8-5-9-23(22)27-29(24)20-6-3-2-4-7-20/h2-4,6-7,10-13,18H,5,8-9,14-17H2,1H3,(H,26,30). The number of carbonyl (C=O) groups is 1. The molecule has 3 aromatic rings. The lowest BCUT2D eigenvalue weighted by atomic mass is 10.0. The quantitative estimate of drug-likeness (QED) is 0.618. The molecule has 5 rings (SSSR count). The second-order valence-corrected chi connectivity index (χ2v) is 10.9. The molecule has 0 spiro atoms. The van der Waals surface area contributed by atoms with E-state index in [0.29, 0.717) is 30.4 Å². The summed E-state index contributed by atoms with van der Waals surface area (Å²) in [6.07, 6.45) is 4.56. The zero-order valence-electron chi connectivity index (χ0n) is 18.7. The van der Waals surface area contributed by atoms with E-state index in [4.69, 9.17) is 5.10 Å². The van der Waals surface area contributed by atoms with Crippen LogP contribution >= 0.6 is 0 Å². The number of carbonyl (C=O) groups excluding carboxylic acids is 1. The van der Waals surface area contributed by atoms with Gasteiger partial charge in [-0.1, -0.05) is 25.1 Å². The summed E-state index contributed by atoms with van der Waals surface area (Å²) in [5.74, 6) is 0.962. The Morgan fingerprint density at radius 1 is 1.00 bits per heavy atom. The zero-order valence-corrected chi connectivity index (χ0v) is 19.5. The molecule has 1 N–H and O–H groups in total. The number of nitrogens with zero attached hydrogens (tertiary/aromatic N) is 3. The van der Waals surface area contributed by atoms with Crippen molar-refractivity contribution < 1.29 is 13.2 Å². The summed E-state index contributed by atoms with van der Waals surface area (Å²) < 4.78 is 29.3. The lowest BCUT2D eigenvalue weighted by Crippen LogP contribution is -2.37. The molecule has 0 radical (unpaired) electrons. The van der Waals surface area contributed by atoms with E-state index < -0.39 is 10.0 Å². The Morgan fingerprint density at radius 2 is 1.70 bits per heavy atom. The third-order valence-electron chi connectivity index (χ3n) is 6.64. The first-order valence-electron chi connectivity index (χ1n) is 11.5. The molecule has 7 nitrogen and oxygen atoms in total. The van der Waals surface area contributed by atoms with Crippen molar-refractivity contribution >= 4 is 21.7 Å². The number of amides is 1. The van der Waals surface area contributed by atoms with Crippen molar-refractivity contribution in [1.29, 1.82) is 0 Å². The van der Waals surface area contributed by atoms with Gasteiger partial charge in [0, 0.05) is 24.2 Å². The highest BCUT2D eigenvalue weighted by Gasteiger charge is 2.28. The van der Waals surface area contributed by atoms with E-state index in [-0.39, 0.29) is 10.8 Å². The number of sulfonamides is 1. The summed E-state index contributed by atoms with van der Waals surface area (Å²) in [6.45, 7) is 3.23. The zero-order chi connectivity index (χ0) is 23.0. The molecule has 2 aliphatic rings. The Balaban J connectivity index is 1.37. The second-order valence-electron chi connectivity index (χ2n) is 8.94. The van der Waals surface area contributed by atoms with Gasteiger partial charge in [0.2, 0.25) is 10.0 Å². The minimum atomic E-state index is -3.54. The molecule has 172 valence electrons. The number of aromatic nitrogens is 2. The van der Waals surface area contributed by atoms with Gasteiger partial charge in [0.15, 0.2) is 0 Å². The third kappa shape index (κ3) is 4.20. The number of hydrogen-bond acceptors (Lipinski definition) is 4. The van der Waals surface area contributed by atoms with Crippen LogP contribution in [0.15, 0.2) is 59.5 Å². The molecule has 0 saturated carbocycles. The molecule has 0 unspecified atom stereocenters.